The first-order valence-electron chi connectivity index (χ1n) is 11.6. The standard InChI is InChI=1S/C28H28N4O2/c1-18-13-19(2)15-22(14-18)29-26(33)16-25-28(34)31(17-21-9-5-4-6-10-21)20(3)27-30-23-11-7-8-12-24(23)32(25)27/h4-15,20,25H,16-17H2,1-3H3,(H,29,33)/t20-,25+/m0/s1. The van der Waals surface area contributed by atoms with Crippen molar-refractivity contribution in [3.8, 4) is 0 Å². The monoisotopic (exact) mass is 452 g/mol. The molecule has 0 aliphatic carbocycles. The number of fused-ring (bicyclic) bond motifs is 3. The number of aryl methyl sites for hydroxylation is 2. The van der Waals surface area contributed by atoms with Gasteiger partial charge < -0.3 is 14.8 Å². The minimum atomic E-state index is -0.659. The van der Waals surface area contributed by atoms with E-state index in [9.17, 15) is 9.59 Å². The first kappa shape index (κ1) is 21.9. The lowest BCUT2D eigenvalue weighted by Crippen LogP contribution is -2.45. The number of nitrogens with one attached hydrogen (secondary N) is 1. The summed E-state index contributed by atoms with van der Waals surface area (Å²) in [6.45, 7) is 6.48. The van der Waals surface area contributed by atoms with Crippen LogP contribution in [0.1, 0.15) is 47.9 Å². The third-order valence-electron chi connectivity index (χ3n) is 6.42. The number of carbonyl (C=O) groups is 2. The van der Waals surface area contributed by atoms with Crippen molar-refractivity contribution in [2.24, 2.45) is 0 Å². The van der Waals surface area contributed by atoms with E-state index >= 15 is 0 Å². The lowest BCUT2D eigenvalue weighted by molar-refractivity contribution is -0.142. The van der Waals surface area contributed by atoms with Crippen molar-refractivity contribution in [1.82, 2.24) is 14.5 Å². The first-order valence-corrected chi connectivity index (χ1v) is 11.6. The van der Waals surface area contributed by atoms with Gasteiger partial charge in [-0.2, -0.15) is 0 Å². The fourth-order valence-corrected chi connectivity index (χ4v) is 4.93. The van der Waals surface area contributed by atoms with Crippen molar-refractivity contribution >= 4 is 28.5 Å². The molecule has 1 aromatic heterocycles. The van der Waals surface area contributed by atoms with Crippen LogP contribution in [-0.4, -0.2) is 26.3 Å². The lowest BCUT2D eigenvalue weighted by atomic mass is 10.0. The molecule has 6 nitrogen and oxygen atoms in total. The number of carbonyl (C=O) groups excluding carboxylic acids is 2. The van der Waals surface area contributed by atoms with Crippen molar-refractivity contribution in [3.63, 3.8) is 0 Å². The SMILES string of the molecule is Cc1cc(C)cc(NC(=O)C[C@@H]2C(=O)N(Cc3ccccc3)[C@@H](C)c3nc4ccccc4n32)c1. The number of aromatic nitrogens is 2. The van der Waals surface area contributed by atoms with E-state index in [1.807, 2.05) is 97.0 Å². The molecule has 1 N–H and O–H groups in total. The van der Waals surface area contributed by atoms with E-state index in [0.717, 1.165) is 39.2 Å². The second kappa shape index (κ2) is 8.78. The molecule has 4 aromatic rings. The van der Waals surface area contributed by atoms with Crippen molar-refractivity contribution in [2.75, 3.05) is 5.32 Å². The Kier molecular flexibility index (Phi) is 5.65. The van der Waals surface area contributed by atoms with Gasteiger partial charge in [0.25, 0.3) is 0 Å². The van der Waals surface area contributed by atoms with Gasteiger partial charge in [-0.3, -0.25) is 9.59 Å². The highest BCUT2D eigenvalue weighted by Crippen LogP contribution is 2.37. The quantitative estimate of drug-likeness (QED) is 0.445. The van der Waals surface area contributed by atoms with Gasteiger partial charge in [0.15, 0.2) is 0 Å². The number of para-hydroxylation sites is 2. The van der Waals surface area contributed by atoms with Crippen LogP contribution in [-0.2, 0) is 16.1 Å². The number of hydrogen-bond acceptors (Lipinski definition) is 3. The van der Waals surface area contributed by atoms with Crippen molar-refractivity contribution in [1.29, 1.82) is 0 Å². The fourth-order valence-electron chi connectivity index (χ4n) is 4.93. The summed E-state index contributed by atoms with van der Waals surface area (Å²) in [4.78, 5) is 33.7. The predicted octanol–water partition coefficient (Wildman–Crippen LogP) is 5.33. The molecule has 6 heteroatoms. The lowest BCUT2D eigenvalue weighted by Gasteiger charge is -2.38. The van der Waals surface area contributed by atoms with Gasteiger partial charge in [-0.15, -0.1) is 0 Å². The summed E-state index contributed by atoms with van der Waals surface area (Å²) in [5, 5.41) is 2.99. The van der Waals surface area contributed by atoms with E-state index in [-0.39, 0.29) is 24.3 Å². The molecule has 3 aromatic carbocycles. The molecule has 0 spiro atoms. The van der Waals surface area contributed by atoms with E-state index in [0.29, 0.717) is 6.54 Å². The van der Waals surface area contributed by atoms with E-state index < -0.39 is 6.04 Å². The van der Waals surface area contributed by atoms with Crippen LogP contribution < -0.4 is 5.32 Å². The normalized spacial score (nSPS) is 17.6. The highest BCUT2D eigenvalue weighted by Gasteiger charge is 2.40. The molecule has 2 atom stereocenters. The highest BCUT2D eigenvalue weighted by molar-refractivity contribution is 5.96. The first-order chi connectivity index (χ1) is 16.4. The molecule has 34 heavy (non-hydrogen) atoms. The summed E-state index contributed by atoms with van der Waals surface area (Å²) < 4.78 is 1.96. The summed E-state index contributed by atoms with van der Waals surface area (Å²) in [5.41, 5.74) is 5.66. The average molecular weight is 453 g/mol. The Morgan fingerprint density at radius 1 is 0.971 bits per heavy atom. The van der Waals surface area contributed by atoms with Gasteiger partial charge in [0.2, 0.25) is 11.8 Å². The Balaban J connectivity index is 1.51. The zero-order valence-corrected chi connectivity index (χ0v) is 19.7. The van der Waals surface area contributed by atoms with Crippen LogP contribution in [0.25, 0.3) is 11.0 Å². The summed E-state index contributed by atoms with van der Waals surface area (Å²) in [5.74, 6) is 0.546. The number of amides is 2. The molecule has 1 aliphatic heterocycles. The zero-order valence-electron chi connectivity index (χ0n) is 19.7. The van der Waals surface area contributed by atoms with Gasteiger partial charge in [-0.05, 0) is 61.7 Å². The van der Waals surface area contributed by atoms with E-state index in [4.69, 9.17) is 4.98 Å². The number of anilines is 1. The van der Waals surface area contributed by atoms with Gasteiger partial charge in [-0.25, -0.2) is 4.98 Å². The van der Waals surface area contributed by atoms with Crippen molar-refractivity contribution in [3.05, 3.63) is 95.3 Å². The Morgan fingerprint density at radius 3 is 2.38 bits per heavy atom. The van der Waals surface area contributed by atoms with E-state index in [1.165, 1.54) is 0 Å². The molecule has 1 aliphatic rings. The third-order valence-corrected chi connectivity index (χ3v) is 6.42. The van der Waals surface area contributed by atoms with Crippen molar-refractivity contribution < 1.29 is 9.59 Å². The molecule has 2 amide bonds. The van der Waals surface area contributed by atoms with Crippen LogP contribution in [0.4, 0.5) is 5.69 Å². The van der Waals surface area contributed by atoms with Gasteiger partial charge in [0.1, 0.15) is 11.9 Å². The molecule has 0 unspecified atom stereocenters. The topological polar surface area (TPSA) is 67.2 Å². The molecule has 5 rings (SSSR count). The molecule has 0 bridgehead atoms. The van der Waals surface area contributed by atoms with Crippen LogP contribution in [0.5, 0.6) is 0 Å². The van der Waals surface area contributed by atoms with Crippen molar-refractivity contribution in [2.45, 2.75) is 45.8 Å². The molecule has 0 fully saturated rings. The molecular formula is C28H28N4O2. The van der Waals surface area contributed by atoms with Gasteiger partial charge >= 0.3 is 0 Å². The molecule has 0 saturated heterocycles. The second-order valence-corrected chi connectivity index (χ2v) is 9.10. The summed E-state index contributed by atoms with van der Waals surface area (Å²) >= 11 is 0. The van der Waals surface area contributed by atoms with E-state index in [1.54, 1.807) is 0 Å². The Labute approximate surface area is 199 Å². The van der Waals surface area contributed by atoms with Crippen LogP contribution in [0.2, 0.25) is 0 Å². The fraction of sp³-hybridized carbons (Fsp3) is 0.250. The Hall–Kier alpha value is -3.93. The number of benzene rings is 3. The minimum absolute atomic E-state index is 0.0389. The Morgan fingerprint density at radius 2 is 1.65 bits per heavy atom. The maximum absolute atomic E-state index is 13.8. The number of rotatable bonds is 5. The number of nitrogens with zero attached hydrogens (tertiary/aromatic N) is 3. The number of imidazole rings is 1. The minimum Gasteiger partial charge on any atom is -0.327 e. The second-order valence-electron chi connectivity index (χ2n) is 9.10. The van der Waals surface area contributed by atoms with Crippen LogP contribution >= 0.6 is 0 Å². The molecular weight excluding hydrogens is 424 g/mol. The van der Waals surface area contributed by atoms with E-state index in [2.05, 4.69) is 11.4 Å². The zero-order chi connectivity index (χ0) is 23.8. The van der Waals surface area contributed by atoms with Gasteiger partial charge in [0.05, 0.1) is 23.5 Å². The third kappa shape index (κ3) is 4.07. The highest BCUT2D eigenvalue weighted by atomic mass is 16.2. The van der Waals surface area contributed by atoms with Gasteiger partial charge in [-0.1, -0.05) is 48.5 Å². The van der Waals surface area contributed by atoms with Crippen LogP contribution in [0.15, 0.2) is 72.8 Å². The average Bonchev–Trinajstić information content (AvgIpc) is 3.19. The largest absolute Gasteiger partial charge is 0.327 e. The summed E-state index contributed by atoms with van der Waals surface area (Å²) in [6.07, 6.45) is 0.0389. The maximum atomic E-state index is 13.8. The molecule has 0 radical (unpaired) electrons. The summed E-state index contributed by atoms with van der Waals surface area (Å²) in [7, 11) is 0. The molecule has 172 valence electrons. The van der Waals surface area contributed by atoms with Crippen LogP contribution in [0, 0.1) is 13.8 Å². The summed E-state index contributed by atoms with van der Waals surface area (Å²) in [6, 6.07) is 22.8. The van der Waals surface area contributed by atoms with Crippen LogP contribution in [0.3, 0.4) is 0 Å². The predicted molar refractivity (Wildman–Crippen MR) is 133 cm³/mol. The van der Waals surface area contributed by atoms with Gasteiger partial charge in [0, 0.05) is 12.2 Å². The number of hydrogen-bond donors (Lipinski definition) is 1. The molecule has 2 heterocycles. The maximum Gasteiger partial charge on any atom is 0.247 e. The Bertz CT molecular complexity index is 1360. The molecule has 0 saturated carbocycles. The smallest absolute Gasteiger partial charge is 0.247 e.